The molecule has 1 aromatic rings. The molecule has 0 radical (unpaired) electrons. The largest absolute Gasteiger partial charge is 0.326 e. The molecule has 0 atom stereocenters. The van der Waals surface area contributed by atoms with E-state index in [1.807, 2.05) is 24.3 Å². The molecule has 2 rings (SSSR count). The summed E-state index contributed by atoms with van der Waals surface area (Å²) in [7, 11) is 1.70. The van der Waals surface area contributed by atoms with Gasteiger partial charge in [-0.3, -0.25) is 4.90 Å². The van der Waals surface area contributed by atoms with E-state index < -0.39 is 0 Å². The average molecular weight is 174 g/mol. The van der Waals surface area contributed by atoms with E-state index in [-0.39, 0.29) is 6.03 Å². The Morgan fingerprint density at radius 2 is 2.08 bits per heavy atom. The molecule has 1 aromatic carbocycles. The number of nitrogens with zero attached hydrogens (tertiary/aromatic N) is 1. The lowest BCUT2D eigenvalue weighted by molar-refractivity contribution is 0.236. The molecule has 3 nitrogen and oxygen atoms in total. The minimum Gasteiger partial charge on any atom is -0.307 e. The van der Waals surface area contributed by atoms with Crippen molar-refractivity contribution in [3.8, 4) is 0 Å². The summed E-state index contributed by atoms with van der Waals surface area (Å²) < 4.78 is 0. The monoisotopic (exact) mass is 174 g/mol. The summed E-state index contributed by atoms with van der Waals surface area (Å²) in [6, 6.07) is 7.48. The quantitative estimate of drug-likeness (QED) is 0.642. The molecule has 1 heterocycles. The summed E-state index contributed by atoms with van der Waals surface area (Å²) >= 11 is 0. The number of carbonyl (C=O) groups is 1. The molecule has 2 amide bonds. The zero-order chi connectivity index (χ0) is 9.42. The van der Waals surface area contributed by atoms with Crippen LogP contribution in [-0.4, -0.2) is 18.0 Å². The van der Waals surface area contributed by atoms with Crippen molar-refractivity contribution in [2.24, 2.45) is 0 Å². The van der Waals surface area contributed by atoms with Crippen LogP contribution < -0.4 is 5.32 Å². The van der Waals surface area contributed by atoms with Crippen molar-refractivity contribution in [2.45, 2.75) is 0 Å². The van der Waals surface area contributed by atoms with E-state index in [4.69, 9.17) is 0 Å². The highest BCUT2D eigenvalue weighted by atomic mass is 16.2. The van der Waals surface area contributed by atoms with Gasteiger partial charge in [0.25, 0.3) is 0 Å². The van der Waals surface area contributed by atoms with E-state index in [1.165, 1.54) is 4.90 Å². The smallest absolute Gasteiger partial charge is 0.307 e. The van der Waals surface area contributed by atoms with Crippen LogP contribution in [-0.2, 0) is 0 Å². The highest BCUT2D eigenvalue weighted by Crippen LogP contribution is 2.28. The van der Waals surface area contributed by atoms with E-state index in [1.54, 1.807) is 7.05 Å². The van der Waals surface area contributed by atoms with Crippen molar-refractivity contribution in [3.63, 3.8) is 0 Å². The fourth-order valence-electron chi connectivity index (χ4n) is 1.35. The fourth-order valence-corrected chi connectivity index (χ4v) is 1.35. The molecule has 0 aromatic heterocycles. The predicted octanol–water partition coefficient (Wildman–Crippen LogP) is 2.13. The Morgan fingerprint density at radius 3 is 2.85 bits per heavy atom. The van der Waals surface area contributed by atoms with E-state index in [0.717, 1.165) is 16.9 Å². The van der Waals surface area contributed by atoms with E-state index in [2.05, 4.69) is 11.9 Å². The van der Waals surface area contributed by atoms with E-state index in [9.17, 15) is 4.79 Å². The highest BCUT2D eigenvalue weighted by molar-refractivity contribution is 6.02. The van der Waals surface area contributed by atoms with Crippen molar-refractivity contribution in [2.75, 3.05) is 12.4 Å². The number of anilines is 1. The molecule has 1 aliphatic heterocycles. The third kappa shape index (κ3) is 1.09. The molecule has 0 bridgehead atoms. The molecule has 3 heteroatoms. The standard InChI is InChI=1S/C10H10N2O/c1-7-8-5-3-4-6-9(8)11-10(13)12(7)2/h3-6H,1H2,2H3,(H,11,13). The minimum absolute atomic E-state index is 0.135. The molecule has 0 aliphatic carbocycles. The van der Waals surface area contributed by atoms with Crippen LogP contribution in [0.25, 0.3) is 5.70 Å². The van der Waals surface area contributed by atoms with Gasteiger partial charge in [0.1, 0.15) is 0 Å². The maximum atomic E-state index is 11.3. The normalized spacial score (nSPS) is 15.3. The van der Waals surface area contributed by atoms with Crippen LogP contribution in [0.2, 0.25) is 0 Å². The number of hydrogen-bond donors (Lipinski definition) is 1. The number of fused-ring (bicyclic) bond motifs is 1. The molecule has 0 fully saturated rings. The van der Waals surface area contributed by atoms with Crippen molar-refractivity contribution >= 4 is 17.4 Å². The van der Waals surface area contributed by atoms with E-state index in [0.29, 0.717) is 0 Å². The third-order valence-corrected chi connectivity index (χ3v) is 2.19. The Morgan fingerprint density at radius 1 is 1.38 bits per heavy atom. The maximum Gasteiger partial charge on any atom is 0.326 e. The van der Waals surface area contributed by atoms with Crippen LogP contribution in [0, 0.1) is 0 Å². The van der Waals surface area contributed by atoms with Crippen LogP contribution in [0.3, 0.4) is 0 Å². The van der Waals surface area contributed by atoms with Gasteiger partial charge in [0.05, 0.1) is 5.69 Å². The molecule has 66 valence electrons. The van der Waals surface area contributed by atoms with Gasteiger partial charge in [-0.1, -0.05) is 24.8 Å². The molecule has 0 spiro atoms. The predicted molar refractivity (Wildman–Crippen MR) is 52.3 cm³/mol. The molecule has 0 unspecified atom stereocenters. The Kier molecular flexibility index (Phi) is 1.59. The zero-order valence-electron chi connectivity index (χ0n) is 7.37. The van der Waals surface area contributed by atoms with Crippen LogP contribution in [0.1, 0.15) is 5.56 Å². The number of hydrogen-bond acceptors (Lipinski definition) is 1. The molecule has 13 heavy (non-hydrogen) atoms. The van der Waals surface area contributed by atoms with Gasteiger partial charge in [-0.25, -0.2) is 4.79 Å². The first-order chi connectivity index (χ1) is 6.20. The number of rotatable bonds is 0. The Labute approximate surface area is 76.7 Å². The van der Waals surface area contributed by atoms with Gasteiger partial charge in [-0.05, 0) is 6.07 Å². The second kappa shape index (κ2) is 2.62. The minimum atomic E-state index is -0.135. The van der Waals surface area contributed by atoms with Crippen molar-refractivity contribution in [1.29, 1.82) is 0 Å². The number of urea groups is 1. The van der Waals surface area contributed by atoms with E-state index >= 15 is 0 Å². The third-order valence-electron chi connectivity index (χ3n) is 2.19. The number of para-hydroxylation sites is 1. The first kappa shape index (κ1) is 7.86. The average Bonchev–Trinajstić information content (AvgIpc) is 2.15. The van der Waals surface area contributed by atoms with Gasteiger partial charge >= 0.3 is 6.03 Å². The van der Waals surface area contributed by atoms with Gasteiger partial charge in [0.15, 0.2) is 0 Å². The van der Waals surface area contributed by atoms with Crippen molar-refractivity contribution < 1.29 is 4.79 Å². The second-order valence-electron chi connectivity index (χ2n) is 2.98. The second-order valence-corrected chi connectivity index (χ2v) is 2.98. The van der Waals surface area contributed by atoms with Crippen LogP contribution in [0.4, 0.5) is 10.5 Å². The molecule has 0 saturated heterocycles. The number of carbonyl (C=O) groups excluding carboxylic acids is 1. The number of nitrogens with one attached hydrogen (secondary N) is 1. The maximum absolute atomic E-state index is 11.3. The van der Waals surface area contributed by atoms with Crippen LogP contribution in [0.15, 0.2) is 30.8 Å². The lowest BCUT2D eigenvalue weighted by Gasteiger charge is -2.27. The zero-order valence-corrected chi connectivity index (χ0v) is 7.37. The number of amides is 2. The fraction of sp³-hybridized carbons (Fsp3) is 0.100. The number of benzene rings is 1. The molecular formula is C10H10N2O. The Hall–Kier alpha value is -1.77. The topological polar surface area (TPSA) is 32.3 Å². The lowest BCUT2D eigenvalue weighted by atomic mass is 10.1. The summed E-state index contributed by atoms with van der Waals surface area (Å²) in [5.74, 6) is 0. The van der Waals surface area contributed by atoms with Crippen LogP contribution >= 0.6 is 0 Å². The first-order valence-corrected chi connectivity index (χ1v) is 4.03. The molecule has 0 saturated carbocycles. The summed E-state index contributed by atoms with van der Waals surface area (Å²) in [6.07, 6.45) is 0. The summed E-state index contributed by atoms with van der Waals surface area (Å²) in [5.41, 5.74) is 2.54. The summed E-state index contributed by atoms with van der Waals surface area (Å²) in [6.45, 7) is 3.85. The van der Waals surface area contributed by atoms with Crippen molar-refractivity contribution in [1.82, 2.24) is 4.90 Å². The van der Waals surface area contributed by atoms with Crippen LogP contribution in [0.5, 0.6) is 0 Å². The summed E-state index contributed by atoms with van der Waals surface area (Å²) in [5, 5.41) is 2.77. The SMILES string of the molecule is C=C1c2ccccc2NC(=O)N1C. The molecular weight excluding hydrogens is 164 g/mol. The van der Waals surface area contributed by atoms with Gasteiger partial charge in [-0.2, -0.15) is 0 Å². The Balaban J connectivity index is 2.55. The van der Waals surface area contributed by atoms with Gasteiger partial charge < -0.3 is 5.32 Å². The van der Waals surface area contributed by atoms with Gasteiger partial charge in [-0.15, -0.1) is 0 Å². The van der Waals surface area contributed by atoms with Gasteiger partial charge in [0, 0.05) is 18.3 Å². The van der Waals surface area contributed by atoms with Gasteiger partial charge in [0.2, 0.25) is 0 Å². The molecule has 1 N–H and O–H groups in total. The van der Waals surface area contributed by atoms with Crippen molar-refractivity contribution in [3.05, 3.63) is 36.4 Å². The molecule has 1 aliphatic rings. The first-order valence-electron chi connectivity index (χ1n) is 4.03. The Bertz CT molecular complexity index is 384. The summed E-state index contributed by atoms with van der Waals surface area (Å²) in [4.78, 5) is 12.8. The lowest BCUT2D eigenvalue weighted by Crippen LogP contribution is -2.34. The highest BCUT2D eigenvalue weighted by Gasteiger charge is 2.21.